The Morgan fingerprint density at radius 3 is 2.48 bits per heavy atom. The Morgan fingerprint density at radius 1 is 1.26 bits per heavy atom. The molecule has 0 unspecified atom stereocenters. The lowest BCUT2D eigenvalue weighted by molar-refractivity contribution is 0.237. The lowest BCUT2D eigenvalue weighted by Gasteiger charge is -2.23. The van der Waals surface area contributed by atoms with Gasteiger partial charge in [0.05, 0.1) is 0 Å². The molecule has 2 aromatic heterocycles. The number of nitrogens with zero attached hydrogens (tertiary/aromatic N) is 6. The highest BCUT2D eigenvalue weighted by Crippen LogP contribution is 2.51. The Labute approximate surface area is 156 Å². The second-order valence-electron chi connectivity index (χ2n) is 4.56. The van der Waals surface area contributed by atoms with Gasteiger partial charge in [0.1, 0.15) is 18.5 Å². The van der Waals surface area contributed by atoms with Crippen molar-refractivity contribution in [2.45, 2.75) is 34.3 Å². The van der Waals surface area contributed by atoms with E-state index in [1.165, 1.54) is 12.7 Å². The lowest BCUT2D eigenvalue weighted by atomic mass is 10.2. The van der Waals surface area contributed by atoms with Crippen molar-refractivity contribution >= 4 is 64.0 Å². The topological polar surface area (TPSA) is 78.5 Å². The third-order valence-electron chi connectivity index (χ3n) is 2.86. The van der Waals surface area contributed by atoms with Gasteiger partial charge in [0, 0.05) is 6.42 Å². The normalized spacial score (nSPS) is 12.6. The van der Waals surface area contributed by atoms with E-state index in [9.17, 15) is 4.79 Å². The minimum absolute atomic E-state index is 0.180. The van der Waals surface area contributed by atoms with Gasteiger partial charge in [-0.15, -0.1) is 5.10 Å². The van der Waals surface area contributed by atoms with Crippen LogP contribution in [-0.4, -0.2) is 39.4 Å². The Morgan fingerprint density at radius 2 is 1.96 bits per heavy atom. The molecule has 0 atom stereocenters. The van der Waals surface area contributed by atoms with E-state index in [2.05, 4.69) is 20.2 Å². The molecule has 2 rings (SSSR count). The number of unbranched alkanes of at least 4 members (excludes halogenated alkanes) is 1. The smallest absolute Gasteiger partial charge is 0.243 e. The molecule has 7 nitrogen and oxygen atoms in total. The maximum Gasteiger partial charge on any atom is 0.372 e. The molecule has 0 radical (unpaired) electrons. The van der Waals surface area contributed by atoms with Gasteiger partial charge >= 0.3 is 6.03 Å². The summed E-state index contributed by atoms with van der Waals surface area (Å²) in [7, 11) is 0. The molecule has 0 bridgehead atoms. The summed E-state index contributed by atoms with van der Waals surface area (Å²) in [4.78, 5) is 20.3. The molecule has 0 aliphatic carbocycles. The van der Waals surface area contributed by atoms with Gasteiger partial charge in [0.25, 0.3) is 0 Å². The molecule has 2 heterocycles. The number of aromatic nitrogens is 6. The molecule has 12 heteroatoms. The SMILES string of the molecule is CCCCc1nc(C(Cl)(Cl)C(Cl)(Cl)Cl)nn1C(=O)n1cncn1. The van der Waals surface area contributed by atoms with Crippen molar-refractivity contribution in [1.82, 2.24) is 29.5 Å². The van der Waals surface area contributed by atoms with Gasteiger partial charge in [0.15, 0.2) is 5.82 Å². The molecule has 0 aliphatic rings. The molecule has 0 N–H and O–H groups in total. The van der Waals surface area contributed by atoms with E-state index >= 15 is 0 Å². The van der Waals surface area contributed by atoms with Crippen molar-refractivity contribution < 1.29 is 4.79 Å². The first kappa shape index (κ1) is 18.7. The van der Waals surface area contributed by atoms with E-state index in [1.54, 1.807) is 0 Å². The number of halogens is 5. The van der Waals surface area contributed by atoms with Crippen LogP contribution in [0.3, 0.4) is 0 Å². The van der Waals surface area contributed by atoms with Crippen LogP contribution in [0.25, 0.3) is 0 Å². The number of alkyl halides is 5. The maximum absolute atomic E-state index is 12.4. The van der Waals surface area contributed by atoms with Crippen molar-refractivity contribution in [3.8, 4) is 0 Å². The third-order valence-corrected chi connectivity index (χ3v) is 5.20. The van der Waals surface area contributed by atoms with Crippen molar-refractivity contribution in [3.63, 3.8) is 0 Å². The van der Waals surface area contributed by atoms with Crippen molar-refractivity contribution in [2.24, 2.45) is 0 Å². The van der Waals surface area contributed by atoms with Gasteiger partial charge < -0.3 is 0 Å². The second-order valence-corrected chi connectivity index (χ2v) is 8.17. The van der Waals surface area contributed by atoms with Crippen molar-refractivity contribution in [1.29, 1.82) is 0 Å². The van der Waals surface area contributed by atoms with Gasteiger partial charge in [-0.1, -0.05) is 71.3 Å². The van der Waals surface area contributed by atoms with Crippen molar-refractivity contribution in [3.05, 3.63) is 24.3 Å². The minimum Gasteiger partial charge on any atom is -0.243 e. The Bertz CT molecular complexity index is 678. The molecule has 2 aromatic rings. The molecular formula is C11H11Cl5N6O. The molecule has 0 amide bonds. The molecule has 126 valence electrons. The number of hydrogen-bond acceptors (Lipinski definition) is 5. The molecule has 0 aromatic carbocycles. The van der Waals surface area contributed by atoms with Gasteiger partial charge in [-0.3, -0.25) is 0 Å². The fraction of sp³-hybridized carbons (Fsp3) is 0.545. The summed E-state index contributed by atoms with van der Waals surface area (Å²) in [5.74, 6) is 0.155. The number of carbonyl (C=O) groups is 1. The van der Waals surface area contributed by atoms with Crippen molar-refractivity contribution in [2.75, 3.05) is 0 Å². The van der Waals surface area contributed by atoms with Gasteiger partial charge in [-0.25, -0.2) is 14.8 Å². The first-order chi connectivity index (χ1) is 10.7. The zero-order valence-electron chi connectivity index (χ0n) is 11.8. The van der Waals surface area contributed by atoms with Crippen LogP contribution in [-0.2, 0) is 10.8 Å². The summed E-state index contributed by atoms with van der Waals surface area (Å²) in [6, 6.07) is -0.596. The predicted molar refractivity (Wildman–Crippen MR) is 88.5 cm³/mol. The summed E-state index contributed by atoms with van der Waals surface area (Å²) in [5.41, 5.74) is 0. The highest BCUT2D eigenvalue weighted by molar-refractivity contribution is 6.75. The fourth-order valence-corrected chi connectivity index (χ4v) is 2.07. The highest BCUT2D eigenvalue weighted by atomic mass is 35.6. The molecule has 0 fully saturated rings. The summed E-state index contributed by atoms with van der Waals surface area (Å²) >= 11 is 29.5. The van der Waals surface area contributed by atoms with Gasteiger partial charge in [-0.2, -0.15) is 14.5 Å². The van der Waals surface area contributed by atoms with Gasteiger partial charge in [-0.05, 0) is 6.42 Å². The molecule has 23 heavy (non-hydrogen) atoms. The molecule has 0 saturated carbocycles. The first-order valence-electron chi connectivity index (χ1n) is 6.48. The van der Waals surface area contributed by atoms with Crippen LogP contribution in [0.15, 0.2) is 12.7 Å². The van der Waals surface area contributed by atoms with Crippen LogP contribution in [0.4, 0.5) is 4.79 Å². The highest BCUT2D eigenvalue weighted by Gasteiger charge is 2.51. The van der Waals surface area contributed by atoms with E-state index in [-0.39, 0.29) is 5.82 Å². The lowest BCUT2D eigenvalue weighted by Crippen LogP contribution is -2.30. The van der Waals surface area contributed by atoms with Crippen LogP contribution in [0.2, 0.25) is 0 Å². The minimum atomic E-state index is -2.08. The van der Waals surface area contributed by atoms with Crippen LogP contribution < -0.4 is 0 Å². The third kappa shape index (κ3) is 3.91. The maximum atomic E-state index is 12.4. The number of hydrogen-bond donors (Lipinski definition) is 0. The zero-order chi connectivity index (χ0) is 17.3. The average molecular weight is 421 g/mol. The number of aryl methyl sites for hydroxylation is 1. The number of rotatable bonds is 4. The summed E-state index contributed by atoms with van der Waals surface area (Å²) in [6.07, 6.45) is 4.58. The standard InChI is InChI=1S/C11H11Cl5N6O/c1-2-3-4-7-19-8(10(12,13)11(14,15)16)20-22(7)9(23)21-6-17-5-18-21/h5-6H,2-4H2,1H3. The zero-order valence-corrected chi connectivity index (χ0v) is 15.5. The fourth-order valence-electron chi connectivity index (χ4n) is 1.66. The van der Waals surface area contributed by atoms with E-state index in [1.807, 2.05) is 6.92 Å². The van der Waals surface area contributed by atoms with E-state index < -0.39 is 14.2 Å². The van der Waals surface area contributed by atoms with Crippen LogP contribution in [0.1, 0.15) is 31.4 Å². The Hall–Kier alpha value is -0.600. The largest absolute Gasteiger partial charge is 0.372 e. The van der Waals surface area contributed by atoms with E-state index in [0.29, 0.717) is 12.2 Å². The van der Waals surface area contributed by atoms with Gasteiger partial charge in [0.2, 0.25) is 8.13 Å². The Kier molecular flexibility index (Phi) is 5.79. The predicted octanol–water partition coefficient (Wildman–Crippen LogP) is 3.73. The molecule has 0 saturated heterocycles. The van der Waals surface area contributed by atoms with Crippen LogP contribution in [0.5, 0.6) is 0 Å². The van der Waals surface area contributed by atoms with E-state index in [0.717, 1.165) is 22.2 Å². The van der Waals surface area contributed by atoms with E-state index in [4.69, 9.17) is 58.0 Å². The summed E-state index contributed by atoms with van der Waals surface area (Å²) < 4.78 is -2.09. The summed E-state index contributed by atoms with van der Waals surface area (Å²) in [6.45, 7) is 2.00. The van der Waals surface area contributed by atoms with Crippen LogP contribution >= 0.6 is 58.0 Å². The van der Waals surface area contributed by atoms with Crippen LogP contribution in [0, 0.1) is 0 Å². The summed E-state index contributed by atoms with van der Waals surface area (Å²) in [5, 5.41) is 7.76. The average Bonchev–Trinajstić information content (AvgIpc) is 3.12. The molecular weight excluding hydrogens is 409 g/mol. The number of carbonyl (C=O) groups excluding carboxylic acids is 1. The quantitative estimate of drug-likeness (QED) is 0.705. The molecule has 0 aliphatic heterocycles. The first-order valence-corrected chi connectivity index (χ1v) is 8.37. The second kappa shape index (κ2) is 7.11. The molecule has 0 spiro atoms. The monoisotopic (exact) mass is 418 g/mol. The Balaban J connectivity index is 2.46.